The molecule has 1 aromatic heterocycles. The molecule has 1 heterocycles. The fourth-order valence-electron chi connectivity index (χ4n) is 2.50. The van der Waals surface area contributed by atoms with E-state index in [0.717, 1.165) is 0 Å². The Balaban J connectivity index is 1.83. The Labute approximate surface area is 148 Å². The molecule has 0 saturated heterocycles. The quantitative estimate of drug-likeness (QED) is 0.776. The summed E-state index contributed by atoms with van der Waals surface area (Å²) in [5, 5.41) is 2.59. The molecule has 0 atom stereocenters. The highest BCUT2D eigenvalue weighted by molar-refractivity contribution is 6.04. The van der Waals surface area contributed by atoms with Crippen LogP contribution in [0.25, 0.3) is 0 Å². The van der Waals surface area contributed by atoms with E-state index < -0.39 is 17.5 Å². The number of hydrogen-bond acceptors (Lipinski definition) is 2. The lowest BCUT2D eigenvalue weighted by molar-refractivity contribution is 0.102. The molecule has 3 rings (SSSR count). The van der Waals surface area contributed by atoms with Crippen molar-refractivity contribution in [2.24, 2.45) is 0 Å². The number of nitrogens with zero attached hydrogens (tertiary/aromatic N) is 1. The van der Waals surface area contributed by atoms with Crippen LogP contribution in [-0.2, 0) is 6.54 Å². The SMILES string of the molecule is Cc1ccc(NC(=O)c2ccc(=O)n(Cc3cccc(F)c3)c2)cc1F. The van der Waals surface area contributed by atoms with E-state index in [1.165, 1.54) is 41.1 Å². The van der Waals surface area contributed by atoms with Crippen LogP contribution in [0, 0.1) is 18.6 Å². The minimum absolute atomic E-state index is 0.136. The monoisotopic (exact) mass is 354 g/mol. The summed E-state index contributed by atoms with van der Waals surface area (Å²) in [6, 6.07) is 12.9. The third-order valence-electron chi connectivity index (χ3n) is 3.92. The van der Waals surface area contributed by atoms with Crippen LogP contribution in [0.3, 0.4) is 0 Å². The fraction of sp³-hybridized carbons (Fsp3) is 0.100. The smallest absolute Gasteiger partial charge is 0.257 e. The number of aryl methyl sites for hydroxylation is 1. The Morgan fingerprint density at radius 3 is 2.62 bits per heavy atom. The van der Waals surface area contributed by atoms with Crippen molar-refractivity contribution in [2.45, 2.75) is 13.5 Å². The molecular formula is C20H16F2N2O2. The summed E-state index contributed by atoms with van der Waals surface area (Å²) in [6.07, 6.45) is 1.40. The first kappa shape index (κ1) is 17.5. The molecule has 3 aromatic rings. The highest BCUT2D eigenvalue weighted by Crippen LogP contribution is 2.14. The van der Waals surface area contributed by atoms with Crippen LogP contribution in [0.1, 0.15) is 21.5 Å². The summed E-state index contributed by atoms with van der Waals surface area (Å²) in [7, 11) is 0. The standard InChI is InChI=1S/C20H16F2N2O2/c1-13-5-7-17(10-18(13)22)23-20(26)15-6-8-19(25)24(12-15)11-14-3-2-4-16(21)9-14/h2-10,12H,11H2,1H3,(H,23,26). The lowest BCUT2D eigenvalue weighted by Crippen LogP contribution is -2.22. The van der Waals surface area contributed by atoms with Gasteiger partial charge >= 0.3 is 0 Å². The van der Waals surface area contributed by atoms with E-state index in [0.29, 0.717) is 16.8 Å². The molecule has 0 unspecified atom stereocenters. The van der Waals surface area contributed by atoms with Crippen molar-refractivity contribution in [1.29, 1.82) is 0 Å². The van der Waals surface area contributed by atoms with Gasteiger partial charge in [0.1, 0.15) is 11.6 Å². The molecule has 0 radical (unpaired) electrons. The van der Waals surface area contributed by atoms with Crippen molar-refractivity contribution in [3.63, 3.8) is 0 Å². The second-order valence-corrected chi connectivity index (χ2v) is 5.93. The molecule has 0 fully saturated rings. The van der Waals surface area contributed by atoms with Gasteiger partial charge in [-0.3, -0.25) is 9.59 Å². The van der Waals surface area contributed by atoms with E-state index in [1.54, 1.807) is 31.2 Å². The van der Waals surface area contributed by atoms with Crippen LogP contribution in [-0.4, -0.2) is 10.5 Å². The first-order valence-corrected chi connectivity index (χ1v) is 7.95. The zero-order valence-electron chi connectivity index (χ0n) is 14.0. The van der Waals surface area contributed by atoms with Gasteiger partial charge in [0, 0.05) is 18.0 Å². The molecule has 132 valence electrons. The highest BCUT2D eigenvalue weighted by Gasteiger charge is 2.10. The summed E-state index contributed by atoms with van der Waals surface area (Å²) in [4.78, 5) is 24.4. The van der Waals surface area contributed by atoms with Crippen LogP contribution in [0.15, 0.2) is 65.6 Å². The number of aromatic nitrogens is 1. The number of rotatable bonds is 4. The lowest BCUT2D eigenvalue weighted by atomic mass is 10.2. The van der Waals surface area contributed by atoms with Gasteiger partial charge in [-0.15, -0.1) is 0 Å². The van der Waals surface area contributed by atoms with E-state index in [2.05, 4.69) is 5.32 Å². The Bertz CT molecular complexity index is 1030. The topological polar surface area (TPSA) is 51.1 Å². The van der Waals surface area contributed by atoms with Gasteiger partial charge < -0.3 is 9.88 Å². The van der Waals surface area contributed by atoms with Crippen LogP contribution in [0.5, 0.6) is 0 Å². The van der Waals surface area contributed by atoms with Gasteiger partial charge in [-0.25, -0.2) is 8.78 Å². The number of nitrogens with one attached hydrogen (secondary N) is 1. The van der Waals surface area contributed by atoms with Gasteiger partial charge in [0.15, 0.2) is 0 Å². The third-order valence-corrected chi connectivity index (χ3v) is 3.92. The molecule has 1 amide bonds. The van der Waals surface area contributed by atoms with Crippen molar-refractivity contribution in [2.75, 3.05) is 5.32 Å². The number of pyridine rings is 1. The number of anilines is 1. The first-order chi connectivity index (χ1) is 12.4. The molecule has 1 N–H and O–H groups in total. The Morgan fingerprint density at radius 1 is 1.08 bits per heavy atom. The second-order valence-electron chi connectivity index (χ2n) is 5.93. The maximum absolute atomic E-state index is 13.6. The molecule has 0 aliphatic carbocycles. The van der Waals surface area contributed by atoms with E-state index in [9.17, 15) is 18.4 Å². The Hall–Kier alpha value is -3.28. The minimum Gasteiger partial charge on any atom is -0.322 e. The number of hydrogen-bond donors (Lipinski definition) is 1. The molecule has 4 nitrogen and oxygen atoms in total. The maximum Gasteiger partial charge on any atom is 0.257 e. The van der Waals surface area contributed by atoms with E-state index in [-0.39, 0.29) is 17.7 Å². The fourth-order valence-corrected chi connectivity index (χ4v) is 2.50. The Kier molecular flexibility index (Phi) is 4.93. The summed E-state index contributed by atoms with van der Waals surface area (Å²) < 4.78 is 28.2. The molecule has 0 bridgehead atoms. The number of halogens is 2. The van der Waals surface area contributed by atoms with Crippen LogP contribution in [0.4, 0.5) is 14.5 Å². The molecule has 0 aliphatic rings. The van der Waals surface area contributed by atoms with E-state index in [4.69, 9.17) is 0 Å². The Morgan fingerprint density at radius 2 is 1.88 bits per heavy atom. The van der Waals surface area contributed by atoms with Crippen LogP contribution in [0.2, 0.25) is 0 Å². The average molecular weight is 354 g/mol. The lowest BCUT2D eigenvalue weighted by Gasteiger charge is -2.10. The van der Waals surface area contributed by atoms with Gasteiger partial charge in [0.25, 0.3) is 11.5 Å². The summed E-state index contributed by atoms with van der Waals surface area (Å²) in [5.41, 5.74) is 1.33. The van der Waals surface area contributed by atoms with Gasteiger partial charge in [-0.05, 0) is 48.4 Å². The van der Waals surface area contributed by atoms with E-state index >= 15 is 0 Å². The first-order valence-electron chi connectivity index (χ1n) is 7.95. The molecule has 0 aliphatic heterocycles. The predicted octanol–water partition coefficient (Wildman–Crippen LogP) is 3.74. The maximum atomic E-state index is 13.6. The number of carbonyl (C=O) groups is 1. The molecular weight excluding hydrogens is 338 g/mol. The number of carbonyl (C=O) groups excluding carboxylic acids is 1. The zero-order valence-corrected chi connectivity index (χ0v) is 14.0. The highest BCUT2D eigenvalue weighted by atomic mass is 19.1. The molecule has 2 aromatic carbocycles. The van der Waals surface area contributed by atoms with Crippen molar-refractivity contribution >= 4 is 11.6 Å². The van der Waals surface area contributed by atoms with E-state index in [1.807, 2.05) is 0 Å². The molecule has 26 heavy (non-hydrogen) atoms. The van der Waals surface area contributed by atoms with Gasteiger partial charge in [0.05, 0.1) is 12.1 Å². The van der Waals surface area contributed by atoms with Crippen molar-refractivity contribution in [1.82, 2.24) is 4.57 Å². The average Bonchev–Trinajstić information content (AvgIpc) is 2.60. The number of benzene rings is 2. The normalized spacial score (nSPS) is 10.6. The molecule has 0 spiro atoms. The predicted molar refractivity (Wildman–Crippen MR) is 95.3 cm³/mol. The van der Waals surface area contributed by atoms with Crippen molar-refractivity contribution in [3.05, 3.63) is 99.5 Å². The van der Waals surface area contributed by atoms with Crippen LogP contribution >= 0.6 is 0 Å². The largest absolute Gasteiger partial charge is 0.322 e. The molecule has 0 saturated carbocycles. The van der Waals surface area contributed by atoms with Crippen molar-refractivity contribution < 1.29 is 13.6 Å². The summed E-state index contributed by atoms with van der Waals surface area (Å²) in [6.45, 7) is 1.76. The number of amides is 1. The minimum atomic E-state index is -0.471. The molecule has 6 heteroatoms. The zero-order chi connectivity index (χ0) is 18.7. The van der Waals surface area contributed by atoms with Gasteiger partial charge in [-0.1, -0.05) is 18.2 Å². The summed E-state index contributed by atoms with van der Waals surface area (Å²) >= 11 is 0. The third kappa shape index (κ3) is 4.03. The van der Waals surface area contributed by atoms with Crippen LogP contribution < -0.4 is 10.9 Å². The van der Waals surface area contributed by atoms with Crippen molar-refractivity contribution in [3.8, 4) is 0 Å². The summed E-state index contributed by atoms with van der Waals surface area (Å²) in [5.74, 6) is -1.29. The van der Waals surface area contributed by atoms with Gasteiger partial charge in [-0.2, -0.15) is 0 Å². The van der Waals surface area contributed by atoms with Gasteiger partial charge in [0.2, 0.25) is 0 Å². The second kappa shape index (κ2) is 7.31.